The van der Waals surface area contributed by atoms with Gasteiger partial charge in [0, 0.05) is 59.0 Å². The molecular formula is C51H33N4OS-. The summed E-state index contributed by atoms with van der Waals surface area (Å²) in [6.45, 7) is 0. The smallest absolute Gasteiger partial charge is 0.137 e. The minimum absolute atomic E-state index is 0.235. The fourth-order valence-corrected chi connectivity index (χ4v) is 9.77. The van der Waals surface area contributed by atoms with Gasteiger partial charge in [-0.2, -0.15) is 0 Å². The number of nitrogens with one attached hydrogen (secondary N) is 1. The Kier molecular flexibility index (Phi) is 7.24. The van der Waals surface area contributed by atoms with E-state index in [9.17, 15) is 0 Å². The number of aromatic nitrogens is 1. The quantitative estimate of drug-likeness (QED) is 0.190. The molecule has 5 nitrogen and oxygen atoms in total. The average Bonchev–Trinajstić information content (AvgIpc) is 3.95. The summed E-state index contributed by atoms with van der Waals surface area (Å²) >= 11 is 1.82. The predicted molar refractivity (Wildman–Crippen MR) is 238 cm³/mol. The van der Waals surface area contributed by atoms with Crippen molar-refractivity contribution in [1.29, 1.82) is 0 Å². The molecule has 0 saturated carbocycles. The first-order valence-electron chi connectivity index (χ1n) is 19.3. The van der Waals surface area contributed by atoms with E-state index in [0.717, 1.165) is 61.3 Å². The Balaban J connectivity index is 0.888. The molecule has 3 aromatic heterocycles. The van der Waals surface area contributed by atoms with Crippen LogP contribution in [0.15, 0.2) is 191 Å². The van der Waals surface area contributed by atoms with E-state index in [1.807, 2.05) is 35.6 Å². The van der Waals surface area contributed by atoms with Gasteiger partial charge >= 0.3 is 0 Å². The van der Waals surface area contributed by atoms with Gasteiger partial charge in [-0.1, -0.05) is 121 Å². The van der Waals surface area contributed by atoms with Gasteiger partial charge in [-0.25, -0.2) is 0 Å². The topological polar surface area (TPSA) is 56.6 Å². The standard InChI is InChI=1S/C51H33N4OS/c1-3-11-31(12-4-1)49-52-50(32-13-5-2-6-14-32)54-51(53-49)35-20-24-41-42-27-33(21-26-47(42)57-48(41)29-35)34-19-23-39-40-25-22-36(30-46(40)56-45(39)28-34)55-43-17-9-7-15-37(43)38-16-8-10-18-44(38)55/h1-30,49,51H,(H,52,54)/q-1. The van der Waals surface area contributed by atoms with E-state index in [0.29, 0.717) is 0 Å². The van der Waals surface area contributed by atoms with Crippen molar-refractivity contribution in [3.63, 3.8) is 0 Å². The van der Waals surface area contributed by atoms with Gasteiger partial charge in [-0.15, -0.1) is 11.3 Å². The maximum Gasteiger partial charge on any atom is 0.137 e. The van der Waals surface area contributed by atoms with Crippen LogP contribution >= 0.6 is 11.3 Å². The first-order valence-corrected chi connectivity index (χ1v) is 20.1. The van der Waals surface area contributed by atoms with Crippen molar-refractivity contribution < 1.29 is 4.42 Å². The fourth-order valence-electron chi connectivity index (χ4n) is 8.64. The summed E-state index contributed by atoms with van der Waals surface area (Å²) in [5.41, 5.74) is 10.8. The van der Waals surface area contributed by atoms with Gasteiger partial charge in [-0.05, 0) is 89.2 Å². The maximum atomic E-state index is 6.63. The summed E-state index contributed by atoms with van der Waals surface area (Å²) in [5.74, 6) is 0.857. The van der Waals surface area contributed by atoms with Crippen molar-refractivity contribution in [2.24, 2.45) is 4.99 Å². The van der Waals surface area contributed by atoms with Crippen LogP contribution in [0.5, 0.6) is 0 Å². The third-order valence-electron chi connectivity index (χ3n) is 11.4. The van der Waals surface area contributed by atoms with Crippen LogP contribution in [0.25, 0.3) is 86.0 Å². The minimum Gasteiger partial charge on any atom is -0.613 e. The molecule has 0 aliphatic carbocycles. The molecule has 0 fully saturated rings. The average molecular weight is 750 g/mol. The maximum absolute atomic E-state index is 6.63. The Morgan fingerprint density at radius 3 is 1.93 bits per heavy atom. The van der Waals surface area contributed by atoms with Crippen LogP contribution in [-0.4, -0.2) is 10.4 Å². The molecule has 1 aliphatic heterocycles. The third-order valence-corrected chi connectivity index (χ3v) is 12.5. The van der Waals surface area contributed by atoms with Gasteiger partial charge < -0.3 is 19.6 Å². The summed E-state index contributed by atoms with van der Waals surface area (Å²) in [6, 6.07) is 64.7. The molecule has 1 N–H and O–H groups in total. The number of para-hydroxylation sites is 2. The summed E-state index contributed by atoms with van der Waals surface area (Å²) in [6.07, 6.45) is -0.527. The summed E-state index contributed by atoms with van der Waals surface area (Å²) in [7, 11) is 0. The number of rotatable bonds is 5. The minimum atomic E-state index is -0.292. The highest BCUT2D eigenvalue weighted by Gasteiger charge is 2.19. The van der Waals surface area contributed by atoms with Crippen LogP contribution in [0, 0.1) is 0 Å². The zero-order chi connectivity index (χ0) is 37.5. The first kappa shape index (κ1) is 32.3. The Labute approximate surface area is 332 Å². The molecule has 2 atom stereocenters. The van der Waals surface area contributed by atoms with Gasteiger partial charge in [0.1, 0.15) is 17.0 Å². The number of amidine groups is 1. The van der Waals surface area contributed by atoms with E-state index in [1.165, 1.54) is 42.0 Å². The number of hydrogen-bond donors (Lipinski definition) is 1. The highest BCUT2D eigenvalue weighted by molar-refractivity contribution is 7.25. The van der Waals surface area contributed by atoms with Crippen molar-refractivity contribution in [2.45, 2.75) is 12.3 Å². The first-order chi connectivity index (χ1) is 28.2. The third kappa shape index (κ3) is 5.30. The van der Waals surface area contributed by atoms with Crippen molar-refractivity contribution in [3.8, 4) is 16.8 Å². The fraction of sp³-hybridized carbons (Fsp3) is 0.0392. The molecule has 12 rings (SSSR count). The SMILES string of the molecule is c1ccc(C2=NC(c3ccccc3)[N-]C(c3ccc4c(c3)sc3ccc(-c5ccc6c(c5)oc5cc(-n7c8ccccc8c8ccccc87)ccc56)cc34)N2)cc1. The normalized spacial score (nSPS) is 15.9. The predicted octanol–water partition coefficient (Wildman–Crippen LogP) is 13.8. The van der Waals surface area contributed by atoms with E-state index >= 15 is 0 Å². The number of nitrogens with zero attached hydrogens (tertiary/aromatic N) is 3. The van der Waals surface area contributed by atoms with Crippen molar-refractivity contribution in [2.75, 3.05) is 0 Å². The lowest BCUT2D eigenvalue weighted by atomic mass is 10.0. The lowest BCUT2D eigenvalue weighted by Gasteiger charge is -2.44. The zero-order valence-electron chi connectivity index (χ0n) is 30.6. The van der Waals surface area contributed by atoms with E-state index in [-0.39, 0.29) is 12.3 Å². The number of benzene rings is 8. The second-order valence-corrected chi connectivity index (χ2v) is 15.8. The van der Waals surface area contributed by atoms with Gasteiger partial charge in [-0.3, -0.25) is 4.99 Å². The molecule has 0 saturated heterocycles. The molecule has 0 bridgehead atoms. The number of aliphatic imine (C=N–C) groups is 1. The van der Waals surface area contributed by atoms with Crippen LogP contribution in [0.1, 0.15) is 29.0 Å². The van der Waals surface area contributed by atoms with Crippen LogP contribution < -0.4 is 5.32 Å². The molecule has 8 aromatic carbocycles. The van der Waals surface area contributed by atoms with E-state index in [2.05, 4.69) is 168 Å². The molecular weight excluding hydrogens is 717 g/mol. The molecule has 0 spiro atoms. The second kappa shape index (κ2) is 12.8. The van der Waals surface area contributed by atoms with E-state index in [1.54, 1.807) is 0 Å². The lowest BCUT2D eigenvalue weighted by molar-refractivity contribution is 0.631. The Morgan fingerprint density at radius 1 is 0.491 bits per heavy atom. The summed E-state index contributed by atoms with van der Waals surface area (Å²) in [4.78, 5) is 5.03. The molecule has 57 heavy (non-hydrogen) atoms. The molecule has 0 radical (unpaired) electrons. The van der Waals surface area contributed by atoms with Crippen molar-refractivity contribution >= 4 is 81.1 Å². The monoisotopic (exact) mass is 749 g/mol. The van der Waals surface area contributed by atoms with Crippen LogP contribution in [0.2, 0.25) is 0 Å². The number of hydrogen-bond acceptors (Lipinski definition) is 4. The molecule has 1 aliphatic rings. The molecule has 2 unspecified atom stereocenters. The van der Waals surface area contributed by atoms with Gasteiger partial charge in [0.05, 0.1) is 11.0 Å². The highest BCUT2D eigenvalue weighted by Crippen LogP contribution is 2.42. The van der Waals surface area contributed by atoms with Crippen LogP contribution in [0.3, 0.4) is 0 Å². The largest absolute Gasteiger partial charge is 0.613 e. The molecule has 0 amide bonds. The Morgan fingerprint density at radius 2 is 1.14 bits per heavy atom. The number of furan rings is 1. The highest BCUT2D eigenvalue weighted by atomic mass is 32.1. The Bertz CT molecular complexity index is 3320. The van der Waals surface area contributed by atoms with E-state index < -0.39 is 0 Å². The van der Waals surface area contributed by atoms with Gasteiger partial charge in [0.2, 0.25) is 0 Å². The molecule has 11 aromatic rings. The second-order valence-electron chi connectivity index (χ2n) is 14.8. The van der Waals surface area contributed by atoms with Gasteiger partial charge in [0.25, 0.3) is 0 Å². The van der Waals surface area contributed by atoms with Crippen LogP contribution in [0.4, 0.5) is 0 Å². The Hall–Kier alpha value is -6.99. The lowest BCUT2D eigenvalue weighted by Crippen LogP contribution is -2.33. The van der Waals surface area contributed by atoms with Gasteiger partial charge in [0.15, 0.2) is 0 Å². The molecule has 270 valence electrons. The van der Waals surface area contributed by atoms with Crippen molar-refractivity contribution in [1.82, 2.24) is 9.88 Å². The molecule has 6 heteroatoms. The number of thiophene rings is 1. The number of fused-ring (bicyclic) bond motifs is 9. The zero-order valence-corrected chi connectivity index (χ0v) is 31.4. The molecule has 4 heterocycles. The summed E-state index contributed by atoms with van der Waals surface area (Å²) in [5, 5.41) is 16.1. The van der Waals surface area contributed by atoms with Crippen molar-refractivity contribution in [3.05, 3.63) is 204 Å². The van der Waals surface area contributed by atoms with E-state index in [4.69, 9.17) is 14.7 Å². The van der Waals surface area contributed by atoms with Crippen LogP contribution in [-0.2, 0) is 0 Å². The summed E-state index contributed by atoms with van der Waals surface area (Å²) < 4.78 is 11.5.